The van der Waals surface area contributed by atoms with E-state index < -0.39 is 11.6 Å². The van der Waals surface area contributed by atoms with E-state index in [9.17, 15) is 9.90 Å². The average molecular weight is 324 g/mol. The van der Waals surface area contributed by atoms with Crippen molar-refractivity contribution in [3.05, 3.63) is 53.3 Å². The molecule has 0 unspecified atom stereocenters. The number of aliphatic hydroxyl groups is 1. The Morgan fingerprint density at radius 1 is 1.25 bits per heavy atom. The van der Waals surface area contributed by atoms with Crippen LogP contribution in [0.25, 0.3) is 22.2 Å². The lowest BCUT2D eigenvalue weighted by molar-refractivity contribution is 0.0600. The molecule has 0 bridgehead atoms. The summed E-state index contributed by atoms with van der Waals surface area (Å²) in [5.74, 6) is 0.398. The van der Waals surface area contributed by atoms with E-state index in [1.165, 1.54) is 7.11 Å². The van der Waals surface area contributed by atoms with Crippen LogP contribution < -0.4 is 0 Å². The number of benzene rings is 2. The van der Waals surface area contributed by atoms with E-state index in [2.05, 4.69) is 9.97 Å². The molecule has 0 saturated heterocycles. The van der Waals surface area contributed by atoms with Gasteiger partial charge in [-0.1, -0.05) is 18.2 Å². The fraction of sp³-hybridized carbons (Fsp3) is 0.263. The molecule has 5 heteroatoms. The summed E-state index contributed by atoms with van der Waals surface area (Å²) in [6.45, 7) is 5.35. The highest BCUT2D eigenvalue weighted by Crippen LogP contribution is 2.36. The van der Waals surface area contributed by atoms with Gasteiger partial charge in [-0.25, -0.2) is 9.78 Å². The highest BCUT2D eigenvalue weighted by atomic mass is 16.5. The molecular weight excluding hydrogens is 304 g/mol. The van der Waals surface area contributed by atoms with Crippen molar-refractivity contribution < 1.29 is 14.6 Å². The highest BCUT2D eigenvalue weighted by molar-refractivity contribution is 5.93. The molecule has 0 saturated carbocycles. The Kier molecular flexibility index (Phi) is 3.89. The lowest BCUT2D eigenvalue weighted by Crippen LogP contribution is -2.17. The van der Waals surface area contributed by atoms with Gasteiger partial charge in [-0.2, -0.15) is 0 Å². The number of aryl methyl sites for hydroxylation is 1. The van der Waals surface area contributed by atoms with E-state index >= 15 is 0 Å². The summed E-state index contributed by atoms with van der Waals surface area (Å²) in [5.41, 5.74) is 3.39. The Hall–Kier alpha value is -2.66. The molecule has 5 nitrogen and oxygen atoms in total. The third-order valence-corrected chi connectivity index (χ3v) is 3.98. The predicted octanol–water partition coefficient (Wildman–Crippen LogP) is 3.55. The van der Waals surface area contributed by atoms with Crippen LogP contribution in [0.4, 0.5) is 0 Å². The Labute approximate surface area is 140 Å². The number of esters is 1. The Morgan fingerprint density at radius 3 is 2.67 bits per heavy atom. The van der Waals surface area contributed by atoms with Gasteiger partial charge in [0.1, 0.15) is 5.82 Å². The van der Waals surface area contributed by atoms with E-state index in [4.69, 9.17) is 4.74 Å². The molecular formula is C19H20N2O3. The Bertz CT molecular complexity index is 920. The molecule has 0 spiro atoms. The number of methoxy groups -OCH3 is 1. The van der Waals surface area contributed by atoms with Crippen LogP contribution in [0.1, 0.15) is 35.6 Å². The number of H-pyrrole nitrogens is 1. The van der Waals surface area contributed by atoms with Crippen LogP contribution in [-0.4, -0.2) is 28.2 Å². The van der Waals surface area contributed by atoms with Crippen molar-refractivity contribution in [2.24, 2.45) is 0 Å². The number of fused-ring (bicyclic) bond motifs is 1. The van der Waals surface area contributed by atoms with Crippen LogP contribution in [-0.2, 0) is 10.3 Å². The van der Waals surface area contributed by atoms with Gasteiger partial charge in [0.25, 0.3) is 0 Å². The lowest BCUT2D eigenvalue weighted by Gasteiger charge is -2.22. The highest BCUT2D eigenvalue weighted by Gasteiger charge is 2.25. The summed E-state index contributed by atoms with van der Waals surface area (Å²) >= 11 is 0. The molecule has 24 heavy (non-hydrogen) atoms. The van der Waals surface area contributed by atoms with Crippen LogP contribution in [0.2, 0.25) is 0 Å². The van der Waals surface area contributed by atoms with Gasteiger partial charge >= 0.3 is 5.97 Å². The minimum atomic E-state index is -1.09. The SMILES string of the molecule is COC(=O)c1cccc(-c2ccc3[nH]c(C)nc3c2C(C)(C)O)c1. The van der Waals surface area contributed by atoms with Crippen molar-refractivity contribution in [1.29, 1.82) is 0 Å². The van der Waals surface area contributed by atoms with Crippen LogP contribution in [0.3, 0.4) is 0 Å². The first kappa shape index (κ1) is 16.2. The fourth-order valence-electron chi connectivity index (χ4n) is 2.99. The first-order chi connectivity index (χ1) is 11.3. The molecule has 0 fully saturated rings. The zero-order chi connectivity index (χ0) is 17.5. The molecule has 2 aromatic carbocycles. The number of hydrogen-bond acceptors (Lipinski definition) is 4. The molecule has 1 heterocycles. The molecule has 0 aliphatic heterocycles. The molecule has 0 atom stereocenters. The first-order valence-corrected chi connectivity index (χ1v) is 7.72. The third kappa shape index (κ3) is 2.78. The molecule has 3 aromatic rings. The second kappa shape index (κ2) is 5.76. The number of ether oxygens (including phenoxy) is 1. The minimum absolute atomic E-state index is 0.390. The molecule has 3 rings (SSSR count). The Balaban J connectivity index is 2.28. The number of carbonyl (C=O) groups excluding carboxylic acids is 1. The molecule has 2 N–H and O–H groups in total. The van der Waals surface area contributed by atoms with Gasteiger partial charge in [0.2, 0.25) is 0 Å². The van der Waals surface area contributed by atoms with Crippen molar-refractivity contribution in [3.63, 3.8) is 0 Å². The molecule has 0 aliphatic carbocycles. The fourth-order valence-corrected chi connectivity index (χ4v) is 2.99. The lowest BCUT2D eigenvalue weighted by atomic mass is 9.88. The number of carbonyl (C=O) groups is 1. The third-order valence-electron chi connectivity index (χ3n) is 3.98. The van der Waals surface area contributed by atoms with Crippen LogP contribution in [0.5, 0.6) is 0 Å². The summed E-state index contributed by atoms with van der Waals surface area (Å²) in [5, 5.41) is 10.7. The largest absolute Gasteiger partial charge is 0.465 e. The van der Waals surface area contributed by atoms with Gasteiger partial charge < -0.3 is 14.8 Å². The normalized spacial score (nSPS) is 11.7. The van der Waals surface area contributed by atoms with Gasteiger partial charge in [0.05, 0.1) is 29.3 Å². The van der Waals surface area contributed by atoms with Crippen molar-refractivity contribution in [2.75, 3.05) is 7.11 Å². The van der Waals surface area contributed by atoms with E-state index in [-0.39, 0.29) is 0 Å². The number of aromatic nitrogens is 2. The summed E-state index contributed by atoms with van der Waals surface area (Å²) in [4.78, 5) is 19.5. The molecule has 0 radical (unpaired) electrons. The second-order valence-electron chi connectivity index (χ2n) is 6.34. The summed E-state index contributed by atoms with van der Waals surface area (Å²) in [6, 6.07) is 11.0. The summed E-state index contributed by atoms with van der Waals surface area (Å²) in [7, 11) is 1.36. The number of rotatable bonds is 3. The van der Waals surface area contributed by atoms with Crippen LogP contribution in [0.15, 0.2) is 36.4 Å². The van der Waals surface area contributed by atoms with Gasteiger partial charge in [-0.15, -0.1) is 0 Å². The molecule has 124 valence electrons. The van der Waals surface area contributed by atoms with Gasteiger partial charge in [0.15, 0.2) is 0 Å². The quantitative estimate of drug-likeness (QED) is 0.722. The second-order valence-corrected chi connectivity index (χ2v) is 6.34. The van der Waals surface area contributed by atoms with Crippen molar-refractivity contribution in [3.8, 4) is 11.1 Å². The monoisotopic (exact) mass is 324 g/mol. The average Bonchev–Trinajstić information content (AvgIpc) is 2.92. The van der Waals surface area contributed by atoms with E-state index in [1.54, 1.807) is 32.0 Å². The maximum absolute atomic E-state index is 11.8. The standard InChI is InChI=1S/C19H20N2O3/c1-11-20-15-9-8-14(16(17(15)21-11)19(2,3)23)12-6-5-7-13(10-12)18(22)24-4/h5-10,23H,1-4H3,(H,20,21). The summed E-state index contributed by atoms with van der Waals surface area (Å²) < 4.78 is 4.79. The van der Waals surface area contributed by atoms with Crippen LogP contribution in [0, 0.1) is 6.92 Å². The van der Waals surface area contributed by atoms with Gasteiger partial charge in [-0.05, 0) is 50.1 Å². The smallest absolute Gasteiger partial charge is 0.337 e. The molecule has 1 aromatic heterocycles. The van der Waals surface area contributed by atoms with Crippen molar-refractivity contribution >= 4 is 17.0 Å². The van der Waals surface area contributed by atoms with E-state index in [0.717, 1.165) is 33.5 Å². The van der Waals surface area contributed by atoms with Gasteiger partial charge in [-0.3, -0.25) is 0 Å². The number of aromatic amines is 1. The number of imidazole rings is 1. The molecule has 0 aliphatic rings. The number of nitrogens with one attached hydrogen (secondary N) is 1. The predicted molar refractivity (Wildman–Crippen MR) is 92.9 cm³/mol. The van der Waals surface area contributed by atoms with E-state index in [1.807, 2.05) is 25.1 Å². The van der Waals surface area contributed by atoms with Crippen LogP contribution >= 0.6 is 0 Å². The van der Waals surface area contributed by atoms with Crippen molar-refractivity contribution in [2.45, 2.75) is 26.4 Å². The van der Waals surface area contributed by atoms with Gasteiger partial charge in [0, 0.05) is 5.56 Å². The number of hydrogen-bond donors (Lipinski definition) is 2. The summed E-state index contributed by atoms with van der Waals surface area (Å²) in [6.07, 6.45) is 0. The Morgan fingerprint density at radius 2 is 2.00 bits per heavy atom. The van der Waals surface area contributed by atoms with E-state index in [0.29, 0.717) is 5.56 Å². The number of nitrogens with zero attached hydrogens (tertiary/aromatic N) is 1. The maximum Gasteiger partial charge on any atom is 0.337 e. The minimum Gasteiger partial charge on any atom is -0.465 e. The topological polar surface area (TPSA) is 75.2 Å². The zero-order valence-electron chi connectivity index (χ0n) is 14.2. The maximum atomic E-state index is 11.8. The first-order valence-electron chi connectivity index (χ1n) is 7.72. The zero-order valence-corrected chi connectivity index (χ0v) is 14.2. The molecule has 0 amide bonds. The van der Waals surface area contributed by atoms with Crippen molar-refractivity contribution in [1.82, 2.24) is 9.97 Å².